The normalized spacial score (nSPS) is 12.9. The van der Waals surface area contributed by atoms with Gasteiger partial charge < -0.3 is 10.8 Å². The molecule has 0 saturated carbocycles. The molecule has 2 nitrogen and oxygen atoms in total. The monoisotopic (exact) mass is 171 g/mol. The van der Waals surface area contributed by atoms with Gasteiger partial charge in [0.25, 0.3) is 0 Å². The molecule has 60 valence electrons. The zero-order valence-electron chi connectivity index (χ0n) is 6.00. The molecule has 0 heterocycles. The summed E-state index contributed by atoms with van der Waals surface area (Å²) in [5.74, 6) is 0.261. The van der Waals surface area contributed by atoms with Crippen molar-refractivity contribution in [3.8, 4) is 5.75 Å². The maximum atomic E-state index is 8.93. The molecule has 0 amide bonds. The van der Waals surface area contributed by atoms with Gasteiger partial charge in [0.1, 0.15) is 5.75 Å². The highest BCUT2D eigenvalue weighted by Crippen LogP contribution is 2.11. The number of phenolic OH excluding ortho intramolecular Hbond substituents is 1. The van der Waals surface area contributed by atoms with Crippen LogP contribution < -0.4 is 5.73 Å². The molecule has 0 fully saturated rings. The number of phenols is 1. The van der Waals surface area contributed by atoms with Gasteiger partial charge in [-0.25, -0.2) is 0 Å². The molecular weight excluding hydrogens is 162 g/mol. The molecule has 1 aromatic carbocycles. The van der Waals surface area contributed by atoms with Crippen molar-refractivity contribution in [2.45, 2.75) is 11.9 Å². The second kappa shape index (κ2) is 3.60. The second-order valence-electron chi connectivity index (χ2n) is 2.39. The third kappa shape index (κ3) is 2.78. The maximum absolute atomic E-state index is 8.93. The predicted molar refractivity (Wildman–Crippen MR) is 45.6 cm³/mol. The number of hydrogen-bond donors (Lipinski definition) is 2. The van der Waals surface area contributed by atoms with E-state index < -0.39 is 0 Å². The van der Waals surface area contributed by atoms with E-state index in [2.05, 4.69) is 0 Å². The third-order valence-corrected chi connectivity index (χ3v) is 1.52. The van der Waals surface area contributed by atoms with Crippen molar-refractivity contribution >= 4 is 11.6 Å². The number of benzene rings is 1. The van der Waals surface area contributed by atoms with E-state index in [0.717, 1.165) is 5.56 Å². The number of rotatable bonds is 2. The van der Waals surface area contributed by atoms with Crippen molar-refractivity contribution in [2.75, 3.05) is 0 Å². The molecule has 0 aliphatic rings. The maximum Gasteiger partial charge on any atom is 0.115 e. The highest BCUT2D eigenvalue weighted by molar-refractivity contribution is 6.20. The van der Waals surface area contributed by atoms with E-state index in [4.69, 9.17) is 22.4 Å². The summed E-state index contributed by atoms with van der Waals surface area (Å²) < 4.78 is 0. The zero-order chi connectivity index (χ0) is 8.27. The van der Waals surface area contributed by atoms with Gasteiger partial charge in [-0.05, 0) is 17.7 Å². The van der Waals surface area contributed by atoms with Gasteiger partial charge >= 0.3 is 0 Å². The molecule has 0 spiro atoms. The molecule has 1 aromatic rings. The summed E-state index contributed by atoms with van der Waals surface area (Å²) >= 11 is 5.57. The molecule has 1 atom stereocenters. The first kappa shape index (κ1) is 8.37. The molecule has 0 bridgehead atoms. The van der Waals surface area contributed by atoms with E-state index in [1.807, 2.05) is 0 Å². The number of aromatic hydroxyl groups is 1. The van der Waals surface area contributed by atoms with Crippen LogP contribution in [-0.2, 0) is 6.42 Å². The zero-order valence-corrected chi connectivity index (χ0v) is 6.75. The SMILES string of the molecule is NC(Cl)Cc1ccc(O)cc1. The van der Waals surface area contributed by atoms with Crippen LogP contribution in [0.4, 0.5) is 0 Å². The Balaban J connectivity index is 2.66. The highest BCUT2D eigenvalue weighted by Gasteiger charge is 1.98. The van der Waals surface area contributed by atoms with Crippen LogP contribution in [0.1, 0.15) is 5.56 Å². The van der Waals surface area contributed by atoms with Crippen LogP contribution in [0.15, 0.2) is 24.3 Å². The summed E-state index contributed by atoms with van der Waals surface area (Å²) in [7, 11) is 0. The third-order valence-electron chi connectivity index (χ3n) is 1.37. The topological polar surface area (TPSA) is 46.2 Å². The van der Waals surface area contributed by atoms with Crippen LogP contribution in [-0.4, -0.2) is 10.6 Å². The number of nitrogens with two attached hydrogens (primary N) is 1. The molecule has 1 unspecified atom stereocenters. The van der Waals surface area contributed by atoms with Gasteiger partial charge in [0.15, 0.2) is 0 Å². The summed E-state index contributed by atoms with van der Waals surface area (Å²) in [5, 5.41) is 8.93. The molecule has 11 heavy (non-hydrogen) atoms. The molecule has 0 radical (unpaired) electrons. The van der Waals surface area contributed by atoms with Gasteiger partial charge in [0.2, 0.25) is 0 Å². The van der Waals surface area contributed by atoms with Crippen molar-refractivity contribution in [3.63, 3.8) is 0 Å². The fourth-order valence-electron chi connectivity index (χ4n) is 0.857. The Bertz CT molecular complexity index is 220. The Kier molecular flexibility index (Phi) is 2.74. The van der Waals surface area contributed by atoms with Crippen LogP contribution >= 0.6 is 11.6 Å². The van der Waals surface area contributed by atoms with Gasteiger partial charge in [0.05, 0.1) is 5.50 Å². The minimum atomic E-state index is -0.348. The van der Waals surface area contributed by atoms with Crippen molar-refractivity contribution in [1.82, 2.24) is 0 Å². The molecule has 0 aliphatic heterocycles. The summed E-state index contributed by atoms with van der Waals surface area (Å²) in [5.41, 5.74) is 6.05. The molecule has 0 aromatic heterocycles. The predicted octanol–water partition coefficient (Wildman–Crippen LogP) is 1.46. The van der Waals surface area contributed by atoms with Gasteiger partial charge in [-0.2, -0.15) is 0 Å². The fraction of sp³-hybridized carbons (Fsp3) is 0.250. The first-order valence-electron chi connectivity index (χ1n) is 3.36. The lowest BCUT2D eigenvalue weighted by Gasteiger charge is -2.02. The number of halogens is 1. The van der Waals surface area contributed by atoms with Crippen molar-refractivity contribution in [1.29, 1.82) is 0 Å². The minimum Gasteiger partial charge on any atom is -0.508 e. The van der Waals surface area contributed by atoms with Crippen LogP contribution in [0, 0.1) is 0 Å². The van der Waals surface area contributed by atoms with Gasteiger partial charge in [0, 0.05) is 6.42 Å². The Labute approximate surface area is 70.6 Å². The minimum absolute atomic E-state index is 0.261. The molecule has 3 N–H and O–H groups in total. The summed E-state index contributed by atoms with van der Waals surface area (Å²) in [6.45, 7) is 0. The molecular formula is C8H10ClNO. The smallest absolute Gasteiger partial charge is 0.115 e. The summed E-state index contributed by atoms with van der Waals surface area (Å²) in [6, 6.07) is 6.85. The quantitative estimate of drug-likeness (QED) is 0.523. The fourth-order valence-corrected chi connectivity index (χ4v) is 1.04. The number of alkyl halides is 1. The lowest BCUT2D eigenvalue weighted by atomic mass is 10.1. The van der Waals surface area contributed by atoms with E-state index in [0.29, 0.717) is 6.42 Å². The molecule has 0 saturated heterocycles. The van der Waals surface area contributed by atoms with E-state index in [1.165, 1.54) is 0 Å². The Morgan fingerprint density at radius 1 is 1.36 bits per heavy atom. The molecule has 0 aliphatic carbocycles. The van der Waals surface area contributed by atoms with E-state index >= 15 is 0 Å². The van der Waals surface area contributed by atoms with E-state index in [9.17, 15) is 0 Å². The van der Waals surface area contributed by atoms with Crippen LogP contribution in [0.25, 0.3) is 0 Å². The Morgan fingerprint density at radius 2 is 1.91 bits per heavy atom. The second-order valence-corrected chi connectivity index (χ2v) is 2.95. The van der Waals surface area contributed by atoms with Gasteiger partial charge in [-0.3, -0.25) is 0 Å². The first-order valence-corrected chi connectivity index (χ1v) is 3.79. The summed E-state index contributed by atoms with van der Waals surface area (Å²) in [4.78, 5) is 0. The van der Waals surface area contributed by atoms with Crippen molar-refractivity contribution < 1.29 is 5.11 Å². The first-order chi connectivity index (χ1) is 5.18. The van der Waals surface area contributed by atoms with Crippen molar-refractivity contribution in [3.05, 3.63) is 29.8 Å². The number of hydrogen-bond acceptors (Lipinski definition) is 2. The lowest BCUT2D eigenvalue weighted by molar-refractivity contribution is 0.475. The Hall–Kier alpha value is -0.730. The average molecular weight is 172 g/mol. The standard InChI is InChI=1S/C8H10ClNO/c9-8(10)5-6-1-3-7(11)4-2-6/h1-4,8,11H,5,10H2. The summed E-state index contributed by atoms with van der Waals surface area (Å²) in [6.07, 6.45) is 0.627. The molecule has 1 rings (SSSR count). The molecule has 3 heteroatoms. The lowest BCUT2D eigenvalue weighted by Crippen LogP contribution is -2.14. The van der Waals surface area contributed by atoms with Crippen molar-refractivity contribution in [2.24, 2.45) is 5.73 Å². The average Bonchev–Trinajstić information content (AvgIpc) is 1.93. The van der Waals surface area contributed by atoms with Gasteiger partial charge in [-0.1, -0.05) is 12.1 Å². The van der Waals surface area contributed by atoms with E-state index in [-0.39, 0.29) is 11.3 Å². The highest BCUT2D eigenvalue weighted by atomic mass is 35.5. The van der Waals surface area contributed by atoms with E-state index in [1.54, 1.807) is 24.3 Å². The largest absolute Gasteiger partial charge is 0.508 e. The van der Waals surface area contributed by atoms with Crippen LogP contribution in [0.2, 0.25) is 0 Å². The van der Waals surface area contributed by atoms with Crippen LogP contribution in [0.3, 0.4) is 0 Å². The van der Waals surface area contributed by atoms with Crippen LogP contribution in [0.5, 0.6) is 5.75 Å². The van der Waals surface area contributed by atoms with Gasteiger partial charge in [-0.15, -0.1) is 11.6 Å². The Morgan fingerprint density at radius 3 is 2.36 bits per heavy atom.